The van der Waals surface area contributed by atoms with Crippen molar-refractivity contribution in [2.45, 2.75) is 0 Å². The molecule has 0 unspecified atom stereocenters. The van der Waals surface area contributed by atoms with E-state index in [1.165, 1.54) is 6.08 Å². The molecule has 0 spiro atoms. The number of hydrogen-bond acceptors (Lipinski definition) is 2. The molecule has 1 N–H and O–H groups in total. The van der Waals surface area contributed by atoms with Crippen molar-refractivity contribution in [2.24, 2.45) is 0 Å². The van der Waals surface area contributed by atoms with Crippen LogP contribution >= 0.6 is 0 Å². The van der Waals surface area contributed by atoms with Crippen molar-refractivity contribution in [2.75, 3.05) is 12.4 Å². The van der Waals surface area contributed by atoms with Crippen molar-refractivity contribution >= 4 is 17.7 Å². The lowest BCUT2D eigenvalue weighted by Gasteiger charge is -2.03. The van der Waals surface area contributed by atoms with E-state index >= 15 is 0 Å². The number of hydrogen-bond donors (Lipinski definition) is 1. The highest BCUT2D eigenvalue weighted by Gasteiger charge is 1.98. The first-order chi connectivity index (χ1) is 9.28. The van der Waals surface area contributed by atoms with Crippen LogP contribution in [0.1, 0.15) is 5.56 Å². The van der Waals surface area contributed by atoms with Gasteiger partial charge in [0.2, 0.25) is 5.91 Å². The zero-order valence-electron chi connectivity index (χ0n) is 10.7. The van der Waals surface area contributed by atoms with Crippen LogP contribution in [0.25, 0.3) is 6.08 Å². The Morgan fingerprint density at radius 2 is 1.74 bits per heavy atom. The Labute approximate surface area is 112 Å². The third-order valence-corrected chi connectivity index (χ3v) is 2.58. The second kappa shape index (κ2) is 6.40. The molecule has 0 aliphatic rings. The molecule has 0 fully saturated rings. The van der Waals surface area contributed by atoms with Crippen molar-refractivity contribution in [3.63, 3.8) is 0 Å². The van der Waals surface area contributed by atoms with E-state index in [9.17, 15) is 4.79 Å². The van der Waals surface area contributed by atoms with Crippen molar-refractivity contribution in [1.82, 2.24) is 0 Å². The molecule has 19 heavy (non-hydrogen) atoms. The summed E-state index contributed by atoms with van der Waals surface area (Å²) in [6.07, 6.45) is 3.29. The van der Waals surface area contributed by atoms with E-state index in [1.54, 1.807) is 37.5 Å². The van der Waals surface area contributed by atoms with Gasteiger partial charge >= 0.3 is 0 Å². The topological polar surface area (TPSA) is 38.3 Å². The van der Waals surface area contributed by atoms with Gasteiger partial charge in [-0.15, -0.1) is 0 Å². The molecule has 2 aromatic rings. The monoisotopic (exact) mass is 253 g/mol. The van der Waals surface area contributed by atoms with E-state index < -0.39 is 0 Å². The molecule has 96 valence electrons. The maximum Gasteiger partial charge on any atom is 0.248 e. The maximum atomic E-state index is 11.7. The molecule has 0 aliphatic carbocycles. The highest BCUT2D eigenvalue weighted by Crippen LogP contribution is 2.15. The van der Waals surface area contributed by atoms with Gasteiger partial charge < -0.3 is 10.1 Å². The largest absolute Gasteiger partial charge is 0.497 e. The van der Waals surface area contributed by atoms with Gasteiger partial charge in [0.05, 0.1) is 7.11 Å². The molecule has 0 saturated heterocycles. The molecule has 2 aromatic carbocycles. The average molecular weight is 253 g/mol. The van der Waals surface area contributed by atoms with E-state index in [1.807, 2.05) is 30.3 Å². The molecular weight excluding hydrogens is 238 g/mol. The van der Waals surface area contributed by atoms with Crippen LogP contribution in [0.15, 0.2) is 60.7 Å². The third kappa shape index (κ3) is 4.00. The normalized spacial score (nSPS) is 10.4. The molecule has 0 bridgehead atoms. The summed E-state index contributed by atoms with van der Waals surface area (Å²) >= 11 is 0. The predicted molar refractivity (Wildman–Crippen MR) is 77.1 cm³/mol. The van der Waals surface area contributed by atoms with Crippen LogP contribution in [0.3, 0.4) is 0 Å². The van der Waals surface area contributed by atoms with Crippen LogP contribution in [0, 0.1) is 0 Å². The van der Waals surface area contributed by atoms with E-state index in [0.29, 0.717) is 0 Å². The first-order valence-corrected chi connectivity index (χ1v) is 5.96. The van der Waals surface area contributed by atoms with E-state index in [-0.39, 0.29) is 5.91 Å². The second-order valence-corrected chi connectivity index (χ2v) is 3.96. The maximum absolute atomic E-state index is 11.7. The number of ether oxygens (including phenoxy) is 1. The predicted octanol–water partition coefficient (Wildman–Crippen LogP) is 3.35. The molecule has 0 radical (unpaired) electrons. The molecule has 3 heteroatoms. The van der Waals surface area contributed by atoms with Crippen LogP contribution in [-0.2, 0) is 4.79 Å². The number of nitrogens with one attached hydrogen (secondary N) is 1. The Kier molecular flexibility index (Phi) is 4.34. The standard InChI is InChI=1S/C16H15NO2/c1-19-15-10-8-14(9-11-15)17-16(18)12-7-13-5-3-2-4-6-13/h2-12H,1H3,(H,17,18)/b12-7-. The minimum absolute atomic E-state index is 0.158. The Hall–Kier alpha value is -2.55. The Morgan fingerprint density at radius 1 is 1.05 bits per heavy atom. The molecule has 3 nitrogen and oxygen atoms in total. The highest BCUT2D eigenvalue weighted by atomic mass is 16.5. The van der Waals surface area contributed by atoms with Gasteiger partial charge in [-0.2, -0.15) is 0 Å². The fraction of sp³-hybridized carbons (Fsp3) is 0.0625. The second-order valence-electron chi connectivity index (χ2n) is 3.96. The van der Waals surface area contributed by atoms with Crippen LogP contribution in [0.4, 0.5) is 5.69 Å². The molecule has 0 saturated carbocycles. The van der Waals surface area contributed by atoms with Crippen LogP contribution < -0.4 is 10.1 Å². The first-order valence-electron chi connectivity index (χ1n) is 5.96. The molecule has 0 aliphatic heterocycles. The number of rotatable bonds is 4. The number of amides is 1. The quantitative estimate of drug-likeness (QED) is 0.849. The van der Waals surface area contributed by atoms with Gasteiger partial charge in [-0.1, -0.05) is 30.3 Å². The molecule has 1 amide bonds. The third-order valence-electron chi connectivity index (χ3n) is 2.58. The smallest absolute Gasteiger partial charge is 0.248 e. The number of carbonyl (C=O) groups is 1. The van der Waals surface area contributed by atoms with Gasteiger partial charge in [0.1, 0.15) is 5.75 Å². The molecular formula is C16H15NO2. The molecule has 0 atom stereocenters. The summed E-state index contributed by atoms with van der Waals surface area (Å²) in [7, 11) is 1.61. The molecule has 2 rings (SSSR count). The van der Waals surface area contributed by atoms with Crippen LogP contribution in [-0.4, -0.2) is 13.0 Å². The number of carbonyl (C=O) groups excluding carboxylic acids is 1. The van der Waals surface area contributed by atoms with E-state index in [2.05, 4.69) is 5.32 Å². The lowest BCUT2D eigenvalue weighted by Crippen LogP contribution is -2.07. The van der Waals surface area contributed by atoms with Crippen LogP contribution in [0.5, 0.6) is 5.75 Å². The van der Waals surface area contributed by atoms with Crippen LogP contribution in [0.2, 0.25) is 0 Å². The lowest BCUT2D eigenvalue weighted by atomic mass is 10.2. The zero-order chi connectivity index (χ0) is 13.5. The van der Waals surface area contributed by atoms with Gasteiger partial charge in [0, 0.05) is 11.8 Å². The minimum atomic E-state index is -0.158. The number of methoxy groups -OCH3 is 1. The zero-order valence-corrected chi connectivity index (χ0v) is 10.7. The number of anilines is 1. The van der Waals surface area contributed by atoms with Crippen molar-refractivity contribution in [3.05, 3.63) is 66.2 Å². The summed E-state index contributed by atoms with van der Waals surface area (Å²) in [5, 5.41) is 2.78. The fourth-order valence-corrected chi connectivity index (χ4v) is 1.59. The molecule has 0 heterocycles. The molecule has 0 aromatic heterocycles. The fourth-order valence-electron chi connectivity index (χ4n) is 1.59. The summed E-state index contributed by atoms with van der Waals surface area (Å²) in [5.74, 6) is 0.604. The SMILES string of the molecule is COc1ccc(NC(=O)/C=C\c2ccccc2)cc1. The van der Waals surface area contributed by atoms with Crippen molar-refractivity contribution in [1.29, 1.82) is 0 Å². The van der Waals surface area contributed by atoms with Crippen molar-refractivity contribution < 1.29 is 9.53 Å². The summed E-state index contributed by atoms with van der Waals surface area (Å²) in [6.45, 7) is 0. The van der Waals surface area contributed by atoms with Gasteiger partial charge in [-0.25, -0.2) is 0 Å². The highest BCUT2D eigenvalue weighted by molar-refractivity contribution is 6.01. The number of benzene rings is 2. The summed E-state index contributed by atoms with van der Waals surface area (Å²) in [6, 6.07) is 16.9. The Bertz CT molecular complexity index is 559. The summed E-state index contributed by atoms with van der Waals surface area (Å²) < 4.78 is 5.05. The summed E-state index contributed by atoms with van der Waals surface area (Å²) in [4.78, 5) is 11.7. The van der Waals surface area contributed by atoms with Gasteiger partial charge in [-0.3, -0.25) is 4.79 Å². The van der Waals surface area contributed by atoms with Gasteiger partial charge in [-0.05, 0) is 35.9 Å². The Morgan fingerprint density at radius 3 is 2.37 bits per heavy atom. The first kappa shape index (κ1) is 12.9. The Balaban J connectivity index is 1.95. The summed E-state index contributed by atoms with van der Waals surface area (Å²) in [5.41, 5.74) is 1.73. The van der Waals surface area contributed by atoms with Gasteiger partial charge in [0.25, 0.3) is 0 Å². The average Bonchev–Trinajstić information content (AvgIpc) is 2.47. The minimum Gasteiger partial charge on any atom is -0.497 e. The van der Waals surface area contributed by atoms with E-state index in [0.717, 1.165) is 17.0 Å². The van der Waals surface area contributed by atoms with Gasteiger partial charge in [0.15, 0.2) is 0 Å². The van der Waals surface area contributed by atoms with E-state index in [4.69, 9.17) is 4.74 Å². The lowest BCUT2D eigenvalue weighted by molar-refractivity contribution is -0.111. The van der Waals surface area contributed by atoms with Crippen molar-refractivity contribution in [3.8, 4) is 5.75 Å².